The Bertz CT molecular complexity index is 1270. The normalized spacial score (nSPS) is 19.0. The number of hydrogen-bond acceptors (Lipinski definition) is 7. The van der Waals surface area contributed by atoms with Crippen molar-refractivity contribution in [2.45, 2.75) is 44.7 Å². The van der Waals surface area contributed by atoms with Gasteiger partial charge in [0.2, 0.25) is 12.7 Å². The number of ether oxygens (including phenoxy) is 2. The van der Waals surface area contributed by atoms with Gasteiger partial charge in [-0.2, -0.15) is 4.98 Å². The third-order valence-electron chi connectivity index (χ3n) is 6.08. The Hall–Kier alpha value is -4.08. The quantitative estimate of drug-likeness (QED) is 0.335. The van der Waals surface area contributed by atoms with Gasteiger partial charge in [0.25, 0.3) is 5.91 Å². The first-order valence-electron chi connectivity index (χ1n) is 11.3. The number of nitrogens with one attached hydrogen (secondary N) is 2. The highest BCUT2D eigenvalue weighted by molar-refractivity contribution is 6.04. The molecule has 0 bridgehead atoms. The van der Waals surface area contributed by atoms with E-state index in [-0.39, 0.29) is 36.7 Å². The van der Waals surface area contributed by atoms with Crippen LogP contribution in [0.3, 0.4) is 0 Å². The minimum Gasteiger partial charge on any atom is -0.454 e. The largest absolute Gasteiger partial charge is 0.454 e. The summed E-state index contributed by atoms with van der Waals surface area (Å²) < 4.78 is 10.7. The first-order valence-corrected chi connectivity index (χ1v) is 11.3. The van der Waals surface area contributed by atoms with Crippen LogP contribution in [0.2, 0.25) is 0 Å². The molecule has 10 heteroatoms. The van der Waals surface area contributed by atoms with Crippen molar-refractivity contribution in [3.8, 4) is 11.5 Å². The second kappa shape index (κ2) is 9.05. The molecule has 176 valence electrons. The van der Waals surface area contributed by atoms with Crippen molar-refractivity contribution in [3.05, 3.63) is 47.5 Å². The van der Waals surface area contributed by atoms with Gasteiger partial charge in [0.15, 0.2) is 17.5 Å². The van der Waals surface area contributed by atoms with E-state index in [4.69, 9.17) is 20.9 Å². The third-order valence-corrected chi connectivity index (χ3v) is 6.08. The molecule has 1 amide bonds. The maximum Gasteiger partial charge on any atom is 0.258 e. The van der Waals surface area contributed by atoms with Crippen LogP contribution in [0.4, 0.5) is 11.8 Å². The molecule has 34 heavy (non-hydrogen) atoms. The van der Waals surface area contributed by atoms with Crippen LogP contribution in [0.1, 0.15) is 41.6 Å². The van der Waals surface area contributed by atoms with Crippen LogP contribution in [-0.2, 0) is 0 Å². The van der Waals surface area contributed by atoms with Gasteiger partial charge < -0.3 is 26.3 Å². The first kappa shape index (κ1) is 21.7. The number of guanidine groups is 1. The minimum atomic E-state index is -0.341. The van der Waals surface area contributed by atoms with Gasteiger partial charge in [0.1, 0.15) is 5.82 Å². The fourth-order valence-electron chi connectivity index (χ4n) is 4.42. The molecule has 1 aromatic heterocycles. The standard InChI is InChI=1S/C24H27N7O3/c1-13-6-8-16-15(10-13)21(27-17-4-2-3-5-18(17)28-23(25)26)30-24(29-16)31-22(32)14-7-9-19-20(11-14)34-12-33-19/h6-11,17-18H,2-5,12H2,1H3,(H4,25,26,28)(H2,27,29,30,31,32). The van der Waals surface area contributed by atoms with Gasteiger partial charge in [-0.25, -0.2) is 9.98 Å². The Kier molecular flexibility index (Phi) is 5.79. The zero-order chi connectivity index (χ0) is 23.7. The fourth-order valence-corrected chi connectivity index (χ4v) is 4.42. The van der Waals surface area contributed by atoms with E-state index >= 15 is 0 Å². The van der Waals surface area contributed by atoms with Crippen molar-refractivity contribution in [3.63, 3.8) is 0 Å². The second-order valence-corrected chi connectivity index (χ2v) is 8.60. The Morgan fingerprint density at radius 2 is 1.88 bits per heavy atom. The highest BCUT2D eigenvalue weighted by Gasteiger charge is 2.26. The summed E-state index contributed by atoms with van der Waals surface area (Å²) >= 11 is 0. The van der Waals surface area contributed by atoms with E-state index < -0.39 is 0 Å². The van der Waals surface area contributed by atoms with Crippen molar-refractivity contribution >= 4 is 34.5 Å². The van der Waals surface area contributed by atoms with Gasteiger partial charge >= 0.3 is 0 Å². The number of amides is 1. The third kappa shape index (κ3) is 4.52. The molecule has 0 radical (unpaired) electrons. The zero-order valence-corrected chi connectivity index (χ0v) is 18.9. The van der Waals surface area contributed by atoms with Crippen LogP contribution in [-0.4, -0.2) is 40.7 Å². The molecule has 0 saturated heterocycles. The van der Waals surface area contributed by atoms with Crippen LogP contribution in [0.25, 0.3) is 10.9 Å². The SMILES string of the molecule is Cc1ccc2nc(NC(=O)c3ccc4c(c3)OCO4)nc(NC3CCCCC3N=C(N)N)c2c1. The number of carbonyl (C=O) groups excluding carboxylic acids is 1. The van der Waals surface area contributed by atoms with Crippen LogP contribution < -0.4 is 31.6 Å². The summed E-state index contributed by atoms with van der Waals surface area (Å²) in [6.07, 6.45) is 3.95. The summed E-state index contributed by atoms with van der Waals surface area (Å²) in [7, 11) is 0. The number of rotatable bonds is 5. The Morgan fingerprint density at radius 3 is 2.74 bits per heavy atom. The molecule has 1 aliphatic carbocycles. The Balaban J connectivity index is 1.46. The van der Waals surface area contributed by atoms with E-state index in [0.29, 0.717) is 22.9 Å². The molecule has 2 aromatic carbocycles. The van der Waals surface area contributed by atoms with Crippen LogP contribution in [0.5, 0.6) is 11.5 Å². The number of hydrogen-bond donors (Lipinski definition) is 4. The first-order chi connectivity index (χ1) is 16.5. The van der Waals surface area contributed by atoms with E-state index in [0.717, 1.165) is 42.1 Å². The van der Waals surface area contributed by atoms with Crippen molar-refractivity contribution < 1.29 is 14.3 Å². The molecule has 2 heterocycles. The molecule has 10 nitrogen and oxygen atoms in total. The summed E-state index contributed by atoms with van der Waals surface area (Å²) in [5.41, 5.74) is 13.6. The van der Waals surface area contributed by atoms with E-state index in [1.54, 1.807) is 18.2 Å². The van der Waals surface area contributed by atoms with Crippen molar-refractivity contribution in [1.82, 2.24) is 9.97 Å². The molecule has 1 fully saturated rings. The molecular formula is C24H27N7O3. The smallest absolute Gasteiger partial charge is 0.258 e. The number of nitrogens with zero attached hydrogens (tertiary/aromatic N) is 3. The lowest BCUT2D eigenvalue weighted by molar-refractivity contribution is 0.102. The summed E-state index contributed by atoms with van der Waals surface area (Å²) in [5.74, 6) is 1.73. The monoisotopic (exact) mass is 461 g/mol. The predicted molar refractivity (Wildman–Crippen MR) is 130 cm³/mol. The van der Waals surface area contributed by atoms with Crippen molar-refractivity contribution in [2.24, 2.45) is 16.5 Å². The molecule has 0 spiro atoms. The topological polar surface area (TPSA) is 150 Å². The average molecular weight is 462 g/mol. The molecule has 3 aromatic rings. The number of anilines is 2. The van der Waals surface area contributed by atoms with Crippen LogP contribution in [0.15, 0.2) is 41.4 Å². The number of fused-ring (bicyclic) bond motifs is 2. The summed E-state index contributed by atoms with van der Waals surface area (Å²) in [6, 6.07) is 10.9. The molecule has 2 atom stereocenters. The maximum atomic E-state index is 12.9. The van der Waals surface area contributed by atoms with E-state index in [1.165, 1.54) is 0 Å². The highest BCUT2D eigenvalue weighted by atomic mass is 16.7. The highest BCUT2D eigenvalue weighted by Crippen LogP contribution is 2.33. The summed E-state index contributed by atoms with van der Waals surface area (Å²) in [6.45, 7) is 2.16. The van der Waals surface area contributed by atoms with Crippen LogP contribution >= 0.6 is 0 Å². The van der Waals surface area contributed by atoms with Crippen molar-refractivity contribution in [1.29, 1.82) is 0 Å². The van der Waals surface area contributed by atoms with Gasteiger partial charge in [-0.05, 0) is 50.1 Å². The molecular weight excluding hydrogens is 434 g/mol. The second-order valence-electron chi connectivity index (χ2n) is 8.60. The number of aliphatic imine (C=N–C) groups is 1. The molecule has 2 aliphatic rings. The molecule has 6 N–H and O–H groups in total. The molecule has 5 rings (SSSR count). The zero-order valence-electron chi connectivity index (χ0n) is 18.9. The number of aromatic nitrogens is 2. The van der Waals surface area contributed by atoms with Gasteiger partial charge in [-0.3, -0.25) is 10.1 Å². The van der Waals surface area contributed by atoms with Gasteiger partial charge in [0, 0.05) is 10.9 Å². The molecule has 1 aliphatic heterocycles. The summed E-state index contributed by atoms with van der Waals surface area (Å²) in [5, 5.41) is 7.22. The predicted octanol–water partition coefficient (Wildman–Crippen LogP) is 2.92. The summed E-state index contributed by atoms with van der Waals surface area (Å²) in [4.78, 5) is 26.6. The Labute approximate surface area is 196 Å². The minimum absolute atomic E-state index is 0.0203. The molecule has 1 saturated carbocycles. The van der Waals surface area contributed by atoms with E-state index in [2.05, 4.69) is 25.6 Å². The lowest BCUT2D eigenvalue weighted by Gasteiger charge is -2.30. The van der Waals surface area contributed by atoms with Gasteiger partial charge in [0.05, 0.1) is 17.6 Å². The molecule has 2 unspecified atom stereocenters. The number of nitrogens with two attached hydrogens (primary N) is 2. The number of carbonyl (C=O) groups is 1. The Morgan fingerprint density at radius 1 is 1.06 bits per heavy atom. The fraction of sp³-hybridized carbons (Fsp3) is 0.333. The van der Waals surface area contributed by atoms with Crippen LogP contribution in [0, 0.1) is 6.92 Å². The average Bonchev–Trinajstić information content (AvgIpc) is 3.28. The number of aryl methyl sites for hydroxylation is 1. The lowest BCUT2D eigenvalue weighted by atomic mass is 9.90. The lowest BCUT2D eigenvalue weighted by Crippen LogP contribution is -2.38. The van der Waals surface area contributed by atoms with Gasteiger partial charge in [-0.15, -0.1) is 0 Å². The maximum absolute atomic E-state index is 12.9. The van der Waals surface area contributed by atoms with Crippen molar-refractivity contribution in [2.75, 3.05) is 17.4 Å². The van der Waals surface area contributed by atoms with E-state index in [9.17, 15) is 4.79 Å². The van der Waals surface area contributed by atoms with E-state index in [1.807, 2.05) is 25.1 Å². The van der Waals surface area contributed by atoms with Gasteiger partial charge in [-0.1, -0.05) is 24.5 Å². The number of benzene rings is 2.